The lowest BCUT2D eigenvalue weighted by atomic mass is 10.0. The van der Waals surface area contributed by atoms with Crippen LogP contribution in [0.25, 0.3) is 0 Å². The minimum atomic E-state index is -0.792. The number of hydrogen-bond donors (Lipinski definition) is 2. The summed E-state index contributed by atoms with van der Waals surface area (Å²) in [5.41, 5.74) is 5.75. The molecule has 0 saturated heterocycles. The lowest BCUT2D eigenvalue weighted by Gasteiger charge is -2.18. The third-order valence-electron chi connectivity index (χ3n) is 3.30. The van der Waals surface area contributed by atoms with E-state index < -0.39 is 30.6 Å². The number of nitrogens with zero attached hydrogens (tertiary/aromatic N) is 2. The van der Waals surface area contributed by atoms with E-state index in [9.17, 15) is 14.4 Å². The van der Waals surface area contributed by atoms with E-state index in [-0.39, 0.29) is 19.4 Å². The quantitative estimate of drug-likeness (QED) is 0.672. The topological polar surface area (TPSA) is 126 Å². The first-order valence-electron chi connectivity index (χ1n) is 7.41. The van der Waals surface area contributed by atoms with Gasteiger partial charge in [0.25, 0.3) is 5.91 Å². The summed E-state index contributed by atoms with van der Waals surface area (Å²) in [6.45, 7) is -0.186. The Hall–Kier alpha value is -2.79. The van der Waals surface area contributed by atoms with Crippen molar-refractivity contribution < 1.29 is 19.1 Å². The van der Waals surface area contributed by atoms with E-state index in [1.165, 1.54) is 11.9 Å². The van der Waals surface area contributed by atoms with Gasteiger partial charge in [0.15, 0.2) is 6.61 Å². The van der Waals surface area contributed by atoms with Crippen LogP contribution in [-0.4, -0.2) is 43.0 Å². The first-order chi connectivity index (χ1) is 11.8. The molecule has 0 aliphatic rings. The van der Waals surface area contributed by atoms with Gasteiger partial charge in [-0.2, -0.15) is 5.26 Å². The van der Waals surface area contributed by atoms with E-state index in [4.69, 9.17) is 27.3 Å². The summed E-state index contributed by atoms with van der Waals surface area (Å²) in [4.78, 5) is 36.1. The van der Waals surface area contributed by atoms with Crippen molar-refractivity contribution in [2.45, 2.75) is 18.9 Å². The van der Waals surface area contributed by atoms with Crippen molar-refractivity contribution in [2.75, 3.05) is 20.2 Å². The maximum absolute atomic E-state index is 12.0. The molecule has 1 atom stereocenters. The summed E-state index contributed by atoms with van der Waals surface area (Å²) < 4.78 is 4.93. The zero-order valence-corrected chi connectivity index (χ0v) is 14.5. The van der Waals surface area contributed by atoms with Crippen LogP contribution in [0.4, 0.5) is 4.79 Å². The van der Waals surface area contributed by atoms with Gasteiger partial charge in [-0.05, 0) is 17.7 Å². The van der Waals surface area contributed by atoms with Crippen LogP contribution in [0.3, 0.4) is 0 Å². The van der Waals surface area contributed by atoms with E-state index >= 15 is 0 Å². The van der Waals surface area contributed by atoms with Gasteiger partial charge < -0.3 is 20.7 Å². The highest BCUT2D eigenvalue weighted by molar-refractivity contribution is 6.30. The molecule has 0 bridgehead atoms. The number of esters is 1. The normalized spacial score (nSPS) is 11.1. The monoisotopic (exact) mass is 366 g/mol. The number of halogens is 1. The molecule has 1 aromatic rings. The smallest absolute Gasteiger partial charge is 0.312 e. The third kappa shape index (κ3) is 7.54. The molecule has 1 rings (SSSR count). The molecule has 8 nitrogen and oxygen atoms in total. The van der Waals surface area contributed by atoms with Crippen LogP contribution in [0.1, 0.15) is 24.4 Å². The van der Waals surface area contributed by atoms with Crippen LogP contribution in [0.15, 0.2) is 24.3 Å². The van der Waals surface area contributed by atoms with Crippen LogP contribution in [0.5, 0.6) is 0 Å². The lowest BCUT2D eigenvalue weighted by molar-refractivity contribution is -0.151. The molecule has 0 aliphatic carbocycles. The highest BCUT2D eigenvalue weighted by atomic mass is 35.5. The Balaban J connectivity index is 2.60. The molecule has 1 aromatic carbocycles. The van der Waals surface area contributed by atoms with Gasteiger partial charge in [-0.25, -0.2) is 4.79 Å². The molecular weight excluding hydrogens is 348 g/mol. The Labute approximate surface area is 150 Å². The minimum absolute atomic E-state index is 0.192. The van der Waals surface area contributed by atoms with E-state index in [2.05, 4.69) is 5.32 Å². The van der Waals surface area contributed by atoms with Crippen molar-refractivity contribution in [3.05, 3.63) is 34.9 Å². The fraction of sp³-hybridized carbons (Fsp3) is 0.375. The molecule has 0 fully saturated rings. The van der Waals surface area contributed by atoms with Crippen molar-refractivity contribution >= 4 is 29.5 Å². The molecule has 25 heavy (non-hydrogen) atoms. The van der Waals surface area contributed by atoms with Gasteiger partial charge in [0.2, 0.25) is 0 Å². The number of carbonyl (C=O) groups is 3. The fourth-order valence-electron chi connectivity index (χ4n) is 1.94. The summed E-state index contributed by atoms with van der Waals surface area (Å²) in [6, 6.07) is 6.96. The van der Waals surface area contributed by atoms with Gasteiger partial charge in [0.05, 0.1) is 25.0 Å². The second kappa shape index (κ2) is 10.2. The summed E-state index contributed by atoms with van der Waals surface area (Å²) in [5, 5.41) is 11.4. The molecule has 0 aliphatic heterocycles. The highest BCUT2D eigenvalue weighted by Crippen LogP contribution is 2.20. The van der Waals surface area contributed by atoms with Gasteiger partial charge >= 0.3 is 12.0 Å². The Kier molecular flexibility index (Phi) is 8.23. The molecular formula is C16H19ClN4O4. The number of hydrogen-bond acceptors (Lipinski definition) is 5. The first-order valence-corrected chi connectivity index (χ1v) is 7.79. The molecule has 0 unspecified atom stereocenters. The van der Waals surface area contributed by atoms with Crippen LogP contribution in [0, 0.1) is 11.3 Å². The number of urea groups is 1. The fourth-order valence-corrected chi connectivity index (χ4v) is 2.07. The summed E-state index contributed by atoms with van der Waals surface area (Å²) in [7, 11) is 1.51. The van der Waals surface area contributed by atoms with Crippen LogP contribution in [-0.2, 0) is 14.3 Å². The number of likely N-dealkylation sites (N-methyl/N-ethyl adjacent to an activating group) is 1. The second-order valence-corrected chi connectivity index (χ2v) is 5.64. The molecule has 0 aromatic heterocycles. The van der Waals surface area contributed by atoms with Gasteiger partial charge in [-0.1, -0.05) is 23.7 Å². The van der Waals surface area contributed by atoms with Crippen LogP contribution < -0.4 is 11.1 Å². The number of ether oxygens (including phenoxy) is 1. The van der Waals surface area contributed by atoms with Gasteiger partial charge in [-0.15, -0.1) is 0 Å². The second-order valence-electron chi connectivity index (χ2n) is 5.20. The standard InChI is InChI=1S/C16H19ClN4O4/c1-21(8-2-7-18)14(22)10-25-15(23)9-13(20-16(19)24)11-3-5-12(17)6-4-11/h3-6,13H,2,8-10H2,1H3,(H3,19,20,24)/t13-/m0/s1. The lowest BCUT2D eigenvalue weighted by Crippen LogP contribution is -2.35. The highest BCUT2D eigenvalue weighted by Gasteiger charge is 2.20. The molecule has 0 radical (unpaired) electrons. The number of nitrogens with two attached hydrogens (primary N) is 1. The van der Waals surface area contributed by atoms with Crippen molar-refractivity contribution in [3.63, 3.8) is 0 Å². The first kappa shape index (κ1) is 20.3. The zero-order valence-electron chi connectivity index (χ0n) is 13.7. The van der Waals surface area contributed by atoms with E-state index in [1.54, 1.807) is 24.3 Å². The molecule has 3 amide bonds. The molecule has 134 valence electrons. The van der Waals surface area contributed by atoms with Crippen molar-refractivity contribution in [1.82, 2.24) is 10.2 Å². The molecule has 3 N–H and O–H groups in total. The zero-order chi connectivity index (χ0) is 18.8. The van der Waals surface area contributed by atoms with Crippen LogP contribution >= 0.6 is 11.6 Å². The van der Waals surface area contributed by atoms with E-state index in [0.717, 1.165) is 0 Å². The number of rotatable bonds is 8. The molecule has 9 heteroatoms. The predicted molar refractivity (Wildman–Crippen MR) is 90.4 cm³/mol. The Morgan fingerprint density at radius 3 is 2.56 bits per heavy atom. The Morgan fingerprint density at radius 2 is 2.00 bits per heavy atom. The number of carbonyl (C=O) groups excluding carboxylic acids is 3. The predicted octanol–water partition coefficient (Wildman–Crippen LogP) is 1.35. The molecule has 0 spiro atoms. The van der Waals surface area contributed by atoms with Crippen molar-refractivity contribution in [3.8, 4) is 6.07 Å². The minimum Gasteiger partial charge on any atom is -0.455 e. The number of nitriles is 1. The number of benzene rings is 1. The van der Waals surface area contributed by atoms with Gasteiger partial charge in [0, 0.05) is 18.6 Å². The molecule has 0 heterocycles. The third-order valence-corrected chi connectivity index (χ3v) is 3.55. The number of primary amides is 1. The largest absolute Gasteiger partial charge is 0.455 e. The summed E-state index contributed by atoms with van der Waals surface area (Å²) in [5.74, 6) is -1.09. The van der Waals surface area contributed by atoms with Crippen LogP contribution in [0.2, 0.25) is 5.02 Å². The van der Waals surface area contributed by atoms with Crippen molar-refractivity contribution in [1.29, 1.82) is 5.26 Å². The average Bonchev–Trinajstić information content (AvgIpc) is 2.57. The van der Waals surface area contributed by atoms with Gasteiger partial charge in [0.1, 0.15) is 0 Å². The maximum atomic E-state index is 12.0. The maximum Gasteiger partial charge on any atom is 0.312 e. The molecule has 0 saturated carbocycles. The van der Waals surface area contributed by atoms with E-state index in [0.29, 0.717) is 10.6 Å². The number of nitrogens with one attached hydrogen (secondary N) is 1. The summed E-state index contributed by atoms with van der Waals surface area (Å²) >= 11 is 5.81. The van der Waals surface area contributed by atoms with Crippen molar-refractivity contribution in [2.24, 2.45) is 5.73 Å². The van der Waals surface area contributed by atoms with E-state index in [1.807, 2.05) is 6.07 Å². The number of amides is 3. The SMILES string of the molecule is CN(CCC#N)C(=O)COC(=O)C[C@H](NC(N)=O)c1ccc(Cl)cc1. The average molecular weight is 367 g/mol. The Bertz CT molecular complexity index is 657. The summed E-state index contributed by atoms with van der Waals surface area (Å²) in [6.07, 6.45) is -0.00286. The Morgan fingerprint density at radius 1 is 1.36 bits per heavy atom. The van der Waals surface area contributed by atoms with Gasteiger partial charge in [-0.3, -0.25) is 9.59 Å².